The normalized spacial score (nSPS) is 14.6. The zero-order valence-corrected chi connectivity index (χ0v) is 17.1. The van der Waals surface area contributed by atoms with Crippen molar-refractivity contribution in [2.24, 2.45) is 0 Å². The van der Waals surface area contributed by atoms with Crippen LogP contribution >= 0.6 is 0 Å². The molecule has 0 unspecified atom stereocenters. The Kier molecular flexibility index (Phi) is 6.82. The Hall–Kier alpha value is -2.93. The summed E-state index contributed by atoms with van der Waals surface area (Å²) in [5.74, 6) is -0.385. The van der Waals surface area contributed by atoms with Gasteiger partial charge in [-0.25, -0.2) is 0 Å². The molecule has 0 radical (unpaired) electrons. The average Bonchev–Trinajstić information content (AvgIpc) is 2.71. The Morgan fingerprint density at radius 3 is 2.52 bits per heavy atom. The molecule has 1 N–H and O–H groups in total. The molecule has 29 heavy (non-hydrogen) atoms. The third-order valence-electron chi connectivity index (χ3n) is 5.34. The van der Waals surface area contributed by atoms with Crippen molar-refractivity contribution in [3.8, 4) is 0 Å². The highest BCUT2D eigenvalue weighted by Gasteiger charge is 2.22. The van der Waals surface area contributed by atoms with Gasteiger partial charge in [0.2, 0.25) is 0 Å². The number of nitro benzene ring substituents is 1. The number of amides is 1. The number of nitrogens with zero attached hydrogens (tertiary/aromatic N) is 3. The fraction of sp³-hybridized carbons (Fsp3) is 0.409. The molecule has 7 nitrogen and oxygen atoms in total. The van der Waals surface area contributed by atoms with E-state index in [0.29, 0.717) is 12.1 Å². The van der Waals surface area contributed by atoms with Gasteiger partial charge in [0.05, 0.1) is 4.92 Å². The molecule has 7 heteroatoms. The van der Waals surface area contributed by atoms with Crippen molar-refractivity contribution in [2.45, 2.75) is 20.3 Å². The van der Waals surface area contributed by atoms with Crippen molar-refractivity contribution in [1.82, 2.24) is 10.2 Å². The maximum atomic E-state index is 12.4. The van der Waals surface area contributed by atoms with Crippen molar-refractivity contribution in [3.05, 3.63) is 69.3 Å². The van der Waals surface area contributed by atoms with Crippen LogP contribution in [0, 0.1) is 24.0 Å². The average molecular weight is 396 g/mol. The van der Waals surface area contributed by atoms with Crippen molar-refractivity contribution in [2.75, 3.05) is 44.2 Å². The second-order valence-electron chi connectivity index (χ2n) is 7.51. The summed E-state index contributed by atoms with van der Waals surface area (Å²) in [5.41, 5.74) is 3.05. The summed E-state index contributed by atoms with van der Waals surface area (Å²) in [5, 5.41) is 14.1. The third-order valence-corrected chi connectivity index (χ3v) is 5.34. The number of hydrogen-bond acceptors (Lipinski definition) is 5. The van der Waals surface area contributed by atoms with Gasteiger partial charge in [-0.3, -0.25) is 19.8 Å². The lowest BCUT2D eigenvalue weighted by atomic mass is 10.1. The minimum Gasteiger partial charge on any atom is -0.369 e. The Labute approximate surface area is 171 Å². The highest BCUT2D eigenvalue weighted by Crippen LogP contribution is 2.23. The third kappa shape index (κ3) is 5.32. The molecule has 1 aliphatic heterocycles. The molecule has 2 aromatic carbocycles. The summed E-state index contributed by atoms with van der Waals surface area (Å²) >= 11 is 0. The summed E-state index contributed by atoms with van der Waals surface area (Å²) < 4.78 is 0. The standard InChI is InChI=1S/C22H28N4O3/c1-17-6-3-8-19(16-17)25-14-12-24(13-15-25)11-5-10-23-22(27)20-9-4-7-18(2)21(20)26(28)29/h3-4,6-9,16H,5,10-15H2,1-2H3,(H,23,27). The van der Waals surface area contributed by atoms with Crippen LogP contribution in [0.3, 0.4) is 0 Å². The number of carbonyl (C=O) groups is 1. The van der Waals surface area contributed by atoms with E-state index in [0.717, 1.165) is 39.1 Å². The van der Waals surface area contributed by atoms with Gasteiger partial charge in [-0.2, -0.15) is 0 Å². The summed E-state index contributed by atoms with van der Waals surface area (Å²) in [4.78, 5) is 27.9. The van der Waals surface area contributed by atoms with Crippen LogP contribution in [-0.4, -0.2) is 55.0 Å². The van der Waals surface area contributed by atoms with Gasteiger partial charge in [0, 0.05) is 44.0 Å². The maximum absolute atomic E-state index is 12.4. The molecule has 1 aliphatic rings. The number of rotatable bonds is 7. The first-order valence-electron chi connectivity index (χ1n) is 10.0. The molecule has 3 rings (SSSR count). The number of nitro groups is 1. The zero-order valence-electron chi connectivity index (χ0n) is 17.1. The molecule has 0 saturated carbocycles. The lowest BCUT2D eigenvalue weighted by Crippen LogP contribution is -2.47. The van der Waals surface area contributed by atoms with E-state index in [1.807, 2.05) is 0 Å². The number of aryl methyl sites for hydroxylation is 2. The number of nitrogens with one attached hydrogen (secondary N) is 1. The fourth-order valence-electron chi connectivity index (χ4n) is 3.74. The summed E-state index contributed by atoms with van der Waals surface area (Å²) in [7, 11) is 0. The predicted octanol–water partition coefficient (Wildman–Crippen LogP) is 3.15. The molecule has 0 bridgehead atoms. The largest absolute Gasteiger partial charge is 0.369 e. The van der Waals surface area contributed by atoms with Crippen LogP contribution in [0.2, 0.25) is 0 Å². The van der Waals surface area contributed by atoms with Gasteiger partial charge >= 0.3 is 0 Å². The van der Waals surface area contributed by atoms with Gasteiger partial charge in [-0.05, 0) is 50.6 Å². The number of anilines is 1. The molecule has 154 valence electrons. The van der Waals surface area contributed by atoms with E-state index in [9.17, 15) is 14.9 Å². The van der Waals surface area contributed by atoms with Gasteiger partial charge in [-0.15, -0.1) is 0 Å². The molecule has 0 atom stereocenters. The molecule has 0 aromatic heterocycles. The van der Waals surface area contributed by atoms with E-state index in [1.54, 1.807) is 19.1 Å². The van der Waals surface area contributed by atoms with Gasteiger partial charge in [0.15, 0.2) is 0 Å². The van der Waals surface area contributed by atoms with Crippen LogP contribution in [0.1, 0.15) is 27.9 Å². The Morgan fingerprint density at radius 1 is 1.10 bits per heavy atom. The molecule has 0 spiro atoms. The van der Waals surface area contributed by atoms with Crippen LogP contribution in [0.15, 0.2) is 42.5 Å². The number of para-hydroxylation sites is 1. The first kappa shape index (κ1) is 20.8. The topological polar surface area (TPSA) is 78.7 Å². The minimum atomic E-state index is -0.488. The summed E-state index contributed by atoms with van der Waals surface area (Å²) in [6.07, 6.45) is 0.815. The molecular weight excluding hydrogens is 368 g/mol. The van der Waals surface area contributed by atoms with Crippen LogP contribution in [0.5, 0.6) is 0 Å². The monoisotopic (exact) mass is 396 g/mol. The second kappa shape index (κ2) is 9.52. The zero-order chi connectivity index (χ0) is 20.8. The smallest absolute Gasteiger partial charge is 0.285 e. The quantitative estimate of drug-likeness (QED) is 0.442. The first-order valence-corrected chi connectivity index (χ1v) is 10.0. The van der Waals surface area contributed by atoms with Gasteiger partial charge < -0.3 is 10.2 Å². The lowest BCUT2D eigenvalue weighted by Gasteiger charge is -2.36. The van der Waals surface area contributed by atoms with E-state index < -0.39 is 4.92 Å². The second-order valence-corrected chi connectivity index (χ2v) is 7.51. The maximum Gasteiger partial charge on any atom is 0.285 e. The van der Waals surface area contributed by atoms with Crippen molar-refractivity contribution in [3.63, 3.8) is 0 Å². The number of carbonyl (C=O) groups excluding carboxylic acids is 1. The number of piperazine rings is 1. The molecule has 1 fully saturated rings. The van der Waals surface area contributed by atoms with Crippen LogP contribution < -0.4 is 10.2 Å². The molecule has 1 amide bonds. The van der Waals surface area contributed by atoms with E-state index in [4.69, 9.17) is 0 Å². The van der Waals surface area contributed by atoms with Crippen LogP contribution in [0.25, 0.3) is 0 Å². The molecule has 1 saturated heterocycles. The SMILES string of the molecule is Cc1cccc(N2CCN(CCCNC(=O)c3cccc(C)c3[N+](=O)[O-])CC2)c1. The van der Waals surface area contributed by atoms with Gasteiger partial charge in [0.25, 0.3) is 11.6 Å². The van der Waals surface area contributed by atoms with Crippen LogP contribution in [-0.2, 0) is 0 Å². The predicted molar refractivity (Wildman–Crippen MR) is 115 cm³/mol. The molecule has 1 heterocycles. The highest BCUT2D eigenvalue weighted by molar-refractivity contribution is 5.98. The summed E-state index contributed by atoms with van der Waals surface area (Å²) in [6, 6.07) is 13.4. The minimum absolute atomic E-state index is 0.114. The lowest BCUT2D eigenvalue weighted by molar-refractivity contribution is -0.385. The van der Waals surface area contributed by atoms with Gasteiger partial charge in [0.1, 0.15) is 5.56 Å². The number of hydrogen-bond donors (Lipinski definition) is 1. The van der Waals surface area contributed by atoms with Crippen LogP contribution in [0.4, 0.5) is 11.4 Å². The van der Waals surface area contributed by atoms with E-state index in [-0.39, 0.29) is 17.2 Å². The molecule has 2 aromatic rings. The highest BCUT2D eigenvalue weighted by atomic mass is 16.6. The van der Waals surface area contributed by atoms with Crippen molar-refractivity contribution in [1.29, 1.82) is 0 Å². The van der Waals surface area contributed by atoms with E-state index in [1.165, 1.54) is 17.3 Å². The first-order chi connectivity index (χ1) is 14.0. The van der Waals surface area contributed by atoms with E-state index in [2.05, 4.69) is 46.3 Å². The Morgan fingerprint density at radius 2 is 1.83 bits per heavy atom. The van der Waals surface area contributed by atoms with E-state index >= 15 is 0 Å². The summed E-state index contributed by atoms with van der Waals surface area (Å²) in [6.45, 7) is 9.12. The number of benzene rings is 2. The Balaban J connectivity index is 1.42. The molecular formula is C22H28N4O3. The Bertz CT molecular complexity index is 876. The van der Waals surface area contributed by atoms with Crippen molar-refractivity contribution >= 4 is 17.3 Å². The van der Waals surface area contributed by atoms with Gasteiger partial charge in [-0.1, -0.05) is 24.3 Å². The molecule has 0 aliphatic carbocycles. The fourth-order valence-corrected chi connectivity index (χ4v) is 3.74. The van der Waals surface area contributed by atoms with Crippen molar-refractivity contribution < 1.29 is 9.72 Å².